The molecule has 0 radical (unpaired) electrons. The Bertz CT molecular complexity index is 712. The van der Waals surface area contributed by atoms with Crippen LogP contribution in [0.5, 0.6) is 11.5 Å². The summed E-state index contributed by atoms with van der Waals surface area (Å²) in [5.74, 6) is 1.86. The molecule has 126 valence electrons. The summed E-state index contributed by atoms with van der Waals surface area (Å²) >= 11 is 0. The van der Waals surface area contributed by atoms with Gasteiger partial charge in [-0.1, -0.05) is 30.3 Å². The fourth-order valence-corrected chi connectivity index (χ4v) is 2.97. The maximum atomic E-state index is 12.1. The predicted octanol–water partition coefficient (Wildman–Crippen LogP) is 3.27. The highest BCUT2D eigenvalue weighted by molar-refractivity contribution is 5.76. The van der Waals surface area contributed by atoms with Crippen LogP contribution in [-0.2, 0) is 24.2 Å². The molecule has 1 aliphatic rings. The molecule has 3 rings (SSSR count). The number of fused-ring (bicyclic) bond motifs is 1. The molecule has 1 amide bonds. The normalized spacial score (nSPS) is 12.9. The van der Waals surface area contributed by atoms with Gasteiger partial charge < -0.3 is 14.8 Å². The highest BCUT2D eigenvalue weighted by Crippen LogP contribution is 2.25. The molecule has 0 unspecified atom stereocenters. The minimum absolute atomic E-state index is 0.0508. The second-order valence-electron chi connectivity index (χ2n) is 5.98. The van der Waals surface area contributed by atoms with Gasteiger partial charge >= 0.3 is 0 Å². The molecule has 0 bridgehead atoms. The van der Waals surface area contributed by atoms with Crippen molar-refractivity contribution in [1.29, 1.82) is 0 Å². The van der Waals surface area contributed by atoms with Crippen LogP contribution in [0.15, 0.2) is 42.5 Å². The zero-order valence-corrected chi connectivity index (χ0v) is 14.0. The largest absolute Gasteiger partial charge is 0.496 e. The van der Waals surface area contributed by atoms with Gasteiger partial charge in [0, 0.05) is 13.0 Å². The Morgan fingerprint density at radius 1 is 1.25 bits per heavy atom. The maximum absolute atomic E-state index is 12.1. The topological polar surface area (TPSA) is 47.6 Å². The Morgan fingerprint density at radius 2 is 2.12 bits per heavy atom. The van der Waals surface area contributed by atoms with Crippen LogP contribution in [0.25, 0.3) is 0 Å². The fourth-order valence-electron chi connectivity index (χ4n) is 2.97. The van der Waals surface area contributed by atoms with Crippen molar-refractivity contribution in [2.45, 2.75) is 32.2 Å². The van der Waals surface area contributed by atoms with Crippen molar-refractivity contribution in [3.63, 3.8) is 0 Å². The summed E-state index contributed by atoms with van der Waals surface area (Å²) in [5, 5.41) is 2.99. The first kappa shape index (κ1) is 16.4. The molecule has 0 fully saturated rings. The summed E-state index contributed by atoms with van der Waals surface area (Å²) in [7, 11) is 1.65. The van der Waals surface area contributed by atoms with Crippen molar-refractivity contribution in [3.8, 4) is 11.5 Å². The summed E-state index contributed by atoms with van der Waals surface area (Å²) in [4.78, 5) is 12.1. The molecular formula is C20H23NO3. The summed E-state index contributed by atoms with van der Waals surface area (Å²) in [6, 6.07) is 14.0. The van der Waals surface area contributed by atoms with Crippen molar-refractivity contribution < 1.29 is 14.3 Å². The van der Waals surface area contributed by atoms with E-state index >= 15 is 0 Å². The molecule has 0 aromatic heterocycles. The van der Waals surface area contributed by atoms with Crippen LogP contribution in [0.2, 0.25) is 0 Å². The van der Waals surface area contributed by atoms with Gasteiger partial charge in [0.15, 0.2) is 0 Å². The molecule has 0 saturated carbocycles. The number of methoxy groups -OCH3 is 1. The standard InChI is InChI=1S/C20H23NO3/c1-23-18-7-3-2-5-16(18)9-11-20(22)21-14-15-8-10-19-17(13-15)6-4-12-24-19/h2-3,5,7-8,10,13H,4,6,9,11-12,14H2,1H3,(H,21,22). The number of amides is 1. The van der Waals surface area contributed by atoms with E-state index in [1.807, 2.05) is 36.4 Å². The van der Waals surface area contributed by atoms with Crippen molar-refractivity contribution in [3.05, 3.63) is 59.2 Å². The van der Waals surface area contributed by atoms with E-state index in [9.17, 15) is 4.79 Å². The number of hydrogen-bond acceptors (Lipinski definition) is 3. The van der Waals surface area contributed by atoms with Crippen LogP contribution in [0, 0.1) is 0 Å². The first-order chi connectivity index (χ1) is 11.8. The molecule has 0 aliphatic carbocycles. The van der Waals surface area contributed by atoms with E-state index in [-0.39, 0.29) is 5.91 Å². The number of ether oxygens (including phenoxy) is 2. The van der Waals surface area contributed by atoms with Crippen LogP contribution >= 0.6 is 0 Å². The zero-order valence-electron chi connectivity index (χ0n) is 14.0. The first-order valence-corrected chi connectivity index (χ1v) is 8.39. The third-order valence-corrected chi connectivity index (χ3v) is 4.28. The van der Waals surface area contributed by atoms with E-state index in [1.165, 1.54) is 5.56 Å². The third-order valence-electron chi connectivity index (χ3n) is 4.28. The lowest BCUT2D eigenvalue weighted by Crippen LogP contribution is -2.23. The average molecular weight is 325 g/mol. The Kier molecular flexibility index (Phi) is 5.36. The van der Waals surface area contributed by atoms with E-state index in [1.54, 1.807) is 7.11 Å². The Hall–Kier alpha value is -2.49. The molecule has 4 heteroatoms. The number of hydrogen-bond donors (Lipinski definition) is 1. The van der Waals surface area contributed by atoms with Gasteiger partial charge in [-0.15, -0.1) is 0 Å². The number of carbonyl (C=O) groups excluding carboxylic acids is 1. The molecule has 1 aliphatic heterocycles. The Balaban J connectivity index is 1.50. The monoisotopic (exact) mass is 325 g/mol. The van der Waals surface area contributed by atoms with Gasteiger partial charge in [-0.25, -0.2) is 0 Å². The molecule has 0 atom stereocenters. The smallest absolute Gasteiger partial charge is 0.220 e. The summed E-state index contributed by atoms with van der Waals surface area (Å²) < 4.78 is 10.9. The van der Waals surface area contributed by atoms with Crippen LogP contribution in [0.4, 0.5) is 0 Å². The fraction of sp³-hybridized carbons (Fsp3) is 0.350. The van der Waals surface area contributed by atoms with Gasteiger partial charge in [-0.2, -0.15) is 0 Å². The van der Waals surface area contributed by atoms with Gasteiger partial charge in [0.1, 0.15) is 11.5 Å². The average Bonchev–Trinajstić information content (AvgIpc) is 2.64. The highest BCUT2D eigenvalue weighted by atomic mass is 16.5. The van der Waals surface area contributed by atoms with Gasteiger partial charge in [0.2, 0.25) is 5.91 Å². The van der Waals surface area contributed by atoms with Gasteiger partial charge in [-0.05, 0) is 48.1 Å². The number of carbonyl (C=O) groups is 1. The molecule has 1 N–H and O–H groups in total. The number of para-hydroxylation sites is 1. The van der Waals surface area contributed by atoms with E-state index in [4.69, 9.17) is 9.47 Å². The molecule has 0 saturated heterocycles. The molecule has 2 aromatic carbocycles. The first-order valence-electron chi connectivity index (χ1n) is 8.39. The lowest BCUT2D eigenvalue weighted by Gasteiger charge is -2.18. The van der Waals surface area contributed by atoms with Crippen molar-refractivity contribution in [2.75, 3.05) is 13.7 Å². The lowest BCUT2D eigenvalue weighted by atomic mass is 10.0. The summed E-state index contributed by atoms with van der Waals surface area (Å²) in [6.07, 6.45) is 3.23. The Morgan fingerprint density at radius 3 is 3.00 bits per heavy atom. The van der Waals surface area contributed by atoms with E-state index in [0.717, 1.165) is 42.1 Å². The van der Waals surface area contributed by atoms with Crippen molar-refractivity contribution in [2.24, 2.45) is 0 Å². The molecule has 0 spiro atoms. The number of nitrogens with one attached hydrogen (secondary N) is 1. The van der Waals surface area contributed by atoms with E-state index < -0.39 is 0 Å². The second-order valence-corrected chi connectivity index (χ2v) is 5.98. The van der Waals surface area contributed by atoms with Crippen LogP contribution < -0.4 is 14.8 Å². The van der Waals surface area contributed by atoms with Crippen LogP contribution in [0.1, 0.15) is 29.5 Å². The summed E-state index contributed by atoms with van der Waals surface area (Å²) in [5.41, 5.74) is 3.41. The van der Waals surface area contributed by atoms with Crippen LogP contribution in [0.3, 0.4) is 0 Å². The zero-order chi connectivity index (χ0) is 16.8. The Labute approximate surface area is 142 Å². The number of rotatable bonds is 6. The third kappa shape index (κ3) is 4.07. The maximum Gasteiger partial charge on any atom is 0.220 e. The molecule has 2 aromatic rings. The second kappa shape index (κ2) is 7.86. The SMILES string of the molecule is COc1ccccc1CCC(=O)NCc1ccc2c(c1)CCCO2. The lowest BCUT2D eigenvalue weighted by molar-refractivity contribution is -0.121. The molecule has 4 nitrogen and oxygen atoms in total. The molecule has 1 heterocycles. The minimum atomic E-state index is 0.0508. The van der Waals surface area contributed by atoms with Gasteiger partial charge in [0.25, 0.3) is 0 Å². The van der Waals surface area contributed by atoms with Crippen molar-refractivity contribution in [1.82, 2.24) is 5.32 Å². The highest BCUT2D eigenvalue weighted by Gasteiger charge is 2.11. The van der Waals surface area contributed by atoms with E-state index in [0.29, 0.717) is 19.4 Å². The quantitative estimate of drug-likeness (QED) is 0.887. The predicted molar refractivity (Wildman–Crippen MR) is 93.4 cm³/mol. The molecule has 24 heavy (non-hydrogen) atoms. The van der Waals surface area contributed by atoms with Crippen molar-refractivity contribution >= 4 is 5.91 Å². The minimum Gasteiger partial charge on any atom is -0.496 e. The summed E-state index contributed by atoms with van der Waals surface area (Å²) in [6.45, 7) is 1.35. The number of benzene rings is 2. The number of aryl methyl sites for hydroxylation is 2. The van der Waals surface area contributed by atoms with Gasteiger partial charge in [0.05, 0.1) is 13.7 Å². The van der Waals surface area contributed by atoms with Crippen LogP contribution in [-0.4, -0.2) is 19.6 Å². The van der Waals surface area contributed by atoms with E-state index in [2.05, 4.69) is 11.4 Å². The molecular weight excluding hydrogens is 302 g/mol. The van der Waals surface area contributed by atoms with Gasteiger partial charge in [-0.3, -0.25) is 4.79 Å².